The van der Waals surface area contributed by atoms with Crippen LogP contribution in [-0.4, -0.2) is 30.8 Å². The summed E-state index contributed by atoms with van der Waals surface area (Å²) in [5.41, 5.74) is 1.50. The van der Waals surface area contributed by atoms with Crippen molar-refractivity contribution in [2.24, 2.45) is 4.99 Å². The molecule has 0 radical (unpaired) electrons. The van der Waals surface area contributed by atoms with E-state index in [1.54, 1.807) is 31.4 Å². The highest BCUT2D eigenvalue weighted by molar-refractivity contribution is 7.16. The van der Waals surface area contributed by atoms with Crippen LogP contribution in [0.15, 0.2) is 47.5 Å². The van der Waals surface area contributed by atoms with Gasteiger partial charge in [-0.2, -0.15) is 4.99 Å². The monoisotopic (exact) mass is 390 g/mol. The van der Waals surface area contributed by atoms with Crippen LogP contribution >= 0.6 is 22.9 Å². The summed E-state index contributed by atoms with van der Waals surface area (Å²) in [7, 11) is 1.63. The number of nitrogens with zero attached hydrogens (tertiary/aromatic N) is 2. The number of rotatable bonds is 6. The molecular weight excluding hydrogens is 372 g/mol. The topological polar surface area (TPSA) is 52.8 Å². The molecule has 0 N–H and O–H groups in total. The Labute approximate surface area is 160 Å². The molecule has 0 fully saturated rings. The summed E-state index contributed by atoms with van der Waals surface area (Å²) < 4.78 is 13.8. The van der Waals surface area contributed by atoms with E-state index in [2.05, 4.69) is 4.99 Å². The molecule has 1 amide bonds. The summed E-state index contributed by atoms with van der Waals surface area (Å²) in [4.78, 5) is 17.5. The Kier molecular flexibility index (Phi) is 6.08. The molecule has 0 spiro atoms. The van der Waals surface area contributed by atoms with Gasteiger partial charge in [0.2, 0.25) is 0 Å². The van der Waals surface area contributed by atoms with Crippen LogP contribution in [0.1, 0.15) is 17.3 Å². The average Bonchev–Trinajstić information content (AvgIpc) is 2.98. The first kappa shape index (κ1) is 18.6. The van der Waals surface area contributed by atoms with Crippen LogP contribution in [0.2, 0.25) is 5.02 Å². The third-order valence-electron chi connectivity index (χ3n) is 3.84. The van der Waals surface area contributed by atoms with E-state index in [-0.39, 0.29) is 5.91 Å². The Bertz CT molecular complexity index is 977. The van der Waals surface area contributed by atoms with Crippen LogP contribution < -0.4 is 9.54 Å². The van der Waals surface area contributed by atoms with Crippen LogP contribution in [0.5, 0.6) is 5.75 Å². The lowest BCUT2D eigenvalue weighted by Crippen LogP contribution is -2.19. The number of benzene rings is 2. The van der Waals surface area contributed by atoms with Gasteiger partial charge in [0.1, 0.15) is 5.75 Å². The largest absolute Gasteiger partial charge is 0.497 e. The molecule has 2 aromatic carbocycles. The van der Waals surface area contributed by atoms with Crippen LogP contribution in [0.25, 0.3) is 10.2 Å². The highest BCUT2D eigenvalue weighted by Gasteiger charge is 2.10. The highest BCUT2D eigenvalue weighted by Crippen LogP contribution is 2.23. The van der Waals surface area contributed by atoms with E-state index in [0.717, 1.165) is 16.0 Å². The Balaban J connectivity index is 2.05. The summed E-state index contributed by atoms with van der Waals surface area (Å²) in [6.45, 7) is 3.77. The Morgan fingerprint density at radius 2 is 2.00 bits per heavy atom. The molecule has 0 aliphatic carbocycles. The maximum absolute atomic E-state index is 12.5. The minimum absolute atomic E-state index is 0.301. The standard InChI is InChI=1S/C19H19ClN2O3S/c1-3-25-11-10-22-16-9-8-15(24-2)12-17(16)26-19(22)21-18(23)13-4-6-14(20)7-5-13/h4-9,12H,3,10-11H2,1-2H3. The molecule has 0 saturated carbocycles. The first-order valence-corrected chi connectivity index (χ1v) is 9.41. The van der Waals surface area contributed by atoms with Crippen molar-refractivity contribution in [1.82, 2.24) is 4.57 Å². The van der Waals surface area contributed by atoms with Crippen LogP contribution in [0, 0.1) is 0 Å². The fourth-order valence-corrected chi connectivity index (χ4v) is 3.73. The molecule has 3 aromatic rings. The zero-order chi connectivity index (χ0) is 18.5. The number of halogens is 1. The van der Waals surface area contributed by atoms with Gasteiger partial charge in [-0.1, -0.05) is 22.9 Å². The average molecular weight is 391 g/mol. The van der Waals surface area contributed by atoms with Crippen molar-refractivity contribution in [2.45, 2.75) is 13.5 Å². The van der Waals surface area contributed by atoms with Gasteiger partial charge in [-0.3, -0.25) is 4.79 Å². The minimum atomic E-state index is -0.301. The van der Waals surface area contributed by atoms with E-state index in [1.165, 1.54) is 11.3 Å². The fraction of sp³-hybridized carbons (Fsp3) is 0.263. The van der Waals surface area contributed by atoms with Crippen molar-refractivity contribution in [3.8, 4) is 5.75 Å². The number of hydrogen-bond acceptors (Lipinski definition) is 4. The van der Waals surface area contributed by atoms with E-state index < -0.39 is 0 Å². The molecule has 1 aromatic heterocycles. The lowest BCUT2D eigenvalue weighted by Gasteiger charge is -2.06. The number of hydrogen-bond donors (Lipinski definition) is 0. The third kappa shape index (κ3) is 4.15. The minimum Gasteiger partial charge on any atom is -0.497 e. The number of aromatic nitrogens is 1. The van der Waals surface area contributed by atoms with Crippen LogP contribution in [0.4, 0.5) is 0 Å². The predicted molar refractivity (Wildman–Crippen MR) is 104 cm³/mol. The van der Waals surface area contributed by atoms with Gasteiger partial charge in [-0.15, -0.1) is 0 Å². The second-order valence-electron chi connectivity index (χ2n) is 5.49. The summed E-state index contributed by atoms with van der Waals surface area (Å²) in [5.74, 6) is 0.469. The van der Waals surface area contributed by atoms with Crippen molar-refractivity contribution in [2.75, 3.05) is 20.3 Å². The Hall–Kier alpha value is -2.15. The molecule has 0 unspecified atom stereocenters. The predicted octanol–water partition coefficient (Wildman–Crippen LogP) is 4.14. The zero-order valence-corrected chi connectivity index (χ0v) is 16.1. The van der Waals surface area contributed by atoms with Crippen LogP contribution in [0.3, 0.4) is 0 Å². The number of ether oxygens (including phenoxy) is 2. The number of fused-ring (bicyclic) bond motifs is 1. The number of amides is 1. The van der Waals surface area contributed by atoms with Gasteiger partial charge in [-0.25, -0.2) is 0 Å². The SMILES string of the molecule is CCOCCn1c(=NC(=O)c2ccc(Cl)cc2)sc2cc(OC)ccc21. The third-order valence-corrected chi connectivity index (χ3v) is 5.13. The second-order valence-corrected chi connectivity index (χ2v) is 6.94. The van der Waals surface area contributed by atoms with Crippen molar-refractivity contribution in [3.05, 3.63) is 57.9 Å². The molecule has 1 heterocycles. The van der Waals surface area contributed by atoms with Crippen molar-refractivity contribution in [3.63, 3.8) is 0 Å². The summed E-state index contributed by atoms with van der Waals surface area (Å²) in [5, 5.41) is 0.585. The van der Waals surface area contributed by atoms with Gasteiger partial charge in [0.25, 0.3) is 5.91 Å². The van der Waals surface area contributed by atoms with Gasteiger partial charge in [0.15, 0.2) is 4.80 Å². The summed E-state index contributed by atoms with van der Waals surface area (Å²) >= 11 is 7.34. The number of thiazole rings is 1. The van der Waals surface area contributed by atoms with E-state index >= 15 is 0 Å². The van der Waals surface area contributed by atoms with E-state index in [1.807, 2.05) is 29.7 Å². The van der Waals surface area contributed by atoms with E-state index in [0.29, 0.717) is 35.1 Å². The van der Waals surface area contributed by atoms with E-state index in [9.17, 15) is 4.79 Å². The maximum atomic E-state index is 12.5. The molecule has 0 aliphatic rings. The molecule has 136 valence electrons. The lowest BCUT2D eigenvalue weighted by molar-refractivity contribution is 0.0996. The zero-order valence-electron chi connectivity index (χ0n) is 14.6. The highest BCUT2D eigenvalue weighted by atomic mass is 35.5. The van der Waals surface area contributed by atoms with Crippen molar-refractivity contribution >= 4 is 39.1 Å². The molecule has 26 heavy (non-hydrogen) atoms. The van der Waals surface area contributed by atoms with Gasteiger partial charge in [0, 0.05) is 23.7 Å². The quantitative estimate of drug-likeness (QED) is 0.594. The Morgan fingerprint density at radius 1 is 1.23 bits per heavy atom. The number of carbonyl (C=O) groups is 1. The number of methoxy groups -OCH3 is 1. The normalized spacial score (nSPS) is 11.9. The van der Waals surface area contributed by atoms with Crippen molar-refractivity contribution < 1.29 is 14.3 Å². The fourth-order valence-electron chi connectivity index (χ4n) is 2.53. The molecule has 3 rings (SSSR count). The first-order valence-electron chi connectivity index (χ1n) is 8.22. The molecular formula is C19H19ClN2O3S. The van der Waals surface area contributed by atoms with Gasteiger partial charge in [0.05, 0.1) is 23.9 Å². The molecule has 5 nitrogen and oxygen atoms in total. The number of carbonyl (C=O) groups excluding carboxylic acids is 1. The van der Waals surface area contributed by atoms with Gasteiger partial charge in [-0.05, 0) is 49.4 Å². The molecule has 7 heteroatoms. The Morgan fingerprint density at radius 3 is 2.69 bits per heavy atom. The van der Waals surface area contributed by atoms with Crippen LogP contribution in [-0.2, 0) is 11.3 Å². The molecule has 0 atom stereocenters. The van der Waals surface area contributed by atoms with E-state index in [4.69, 9.17) is 21.1 Å². The maximum Gasteiger partial charge on any atom is 0.279 e. The summed E-state index contributed by atoms with van der Waals surface area (Å²) in [6.07, 6.45) is 0. The van der Waals surface area contributed by atoms with Gasteiger partial charge >= 0.3 is 0 Å². The first-order chi connectivity index (χ1) is 12.6. The molecule has 0 aliphatic heterocycles. The summed E-state index contributed by atoms with van der Waals surface area (Å²) in [6, 6.07) is 12.5. The molecule has 0 saturated heterocycles. The van der Waals surface area contributed by atoms with Gasteiger partial charge < -0.3 is 14.0 Å². The smallest absolute Gasteiger partial charge is 0.279 e. The second kappa shape index (κ2) is 8.49. The lowest BCUT2D eigenvalue weighted by atomic mass is 10.2. The molecule has 0 bridgehead atoms. The van der Waals surface area contributed by atoms with Crippen molar-refractivity contribution in [1.29, 1.82) is 0 Å².